The number of furan rings is 2. The van der Waals surface area contributed by atoms with Crippen molar-refractivity contribution in [3.63, 3.8) is 0 Å². The summed E-state index contributed by atoms with van der Waals surface area (Å²) in [7, 11) is 0. The summed E-state index contributed by atoms with van der Waals surface area (Å²) < 4.78 is 22.0. The van der Waals surface area contributed by atoms with Crippen LogP contribution in [0, 0.1) is 23.7 Å². The van der Waals surface area contributed by atoms with Gasteiger partial charge in [-0.1, -0.05) is 59.3 Å². The summed E-state index contributed by atoms with van der Waals surface area (Å²) in [5.74, 6) is 12.8. The van der Waals surface area contributed by atoms with Gasteiger partial charge in [-0.05, 0) is 124 Å². The normalized spacial score (nSPS) is 13.1. The zero-order valence-corrected chi connectivity index (χ0v) is 31.3. The second-order valence-electron chi connectivity index (χ2n) is 13.6. The van der Waals surface area contributed by atoms with Gasteiger partial charge < -0.3 is 29.8 Å². The molecule has 0 fully saturated rings. The quantitative estimate of drug-likeness (QED) is 0.0511. The largest absolute Gasteiger partial charge is 0.455 e. The average Bonchev–Trinajstić information content (AvgIpc) is 3.79. The zero-order chi connectivity index (χ0) is 37.4. The van der Waals surface area contributed by atoms with Gasteiger partial charge >= 0.3 is 11.9 Å². The molecule has 0 aliphatic carbocycles. The van der Waals surface area contributed by atoms with Crippen molar-refractivity contribution in [3.8, 4) is 23.7 Å². The molecule has 8 nitrogen and oxygen atoms in total. The molecular weight excluding hydrogens is 699 g/mol. The van der Waals surface area contributed by atoms with E-state index in [1.54, 1.807) is 13.8 Å². The first-order chi connectivity index (χ1) is 24.9. The highest BCUT2D eigenvalue weighted by Crippen LogP contribution is 2.18. The van der Waals surface area contributed by atoms with E-state index in [1.807, 2.05) is 72.8 Å². The molecule has 2 aromatic heterocycles. The number of carbonyl (C=O) groups excluding carboxylic acids is 2. The van der Waals surface area contributed by atoms with Crippen molar-refractivity contribution in [2.75, 3.05) is 13.2 Å². The van der Waals surface area contributed by atoms with Crippen LogP contribution >= 0.6 is 23.2 Å². The maximum absolute atomic E-state index is 12.4. The van der Waals surface area contributed by atoms with Crippen LogP contribution in [0.1, 0.15) is 86.5 Å². The SMILES string of the molecule is C[C@@](N)(CCc1ccc(C#CCCCc2ccc(Cl)cc2)o1)COC(=O)C(=O)OC[C@](C)(N)CCc1ccc(C#CCCCc2ccc(Cl)cc2)o1. The first-order valence-corrected chi connectivity index (χ1v) is 18.2. The van der Waals surface area contributed by atoms with Crippen LogP contribution in [-0.2, 0) is 44.7 Å². The Hall–Kier alpha value is -4.44. The molecule has 0 aliphatic rings. The van der Waals surface area contributed by atoms with Crippen LogP contribution in [0.2, 0.25) is 10.0 Å². The number of carbonyl (C=O) groups is 2. The summed E-state index contributed by atoms with van der Waals surface area (Å²) in [5.41, 5.74) is 13.3. The van der Waals surface area contributed by atoms with Crippen LogP contribution in [-0.4, -0.2) is 36.2 Å². The Morgan fingerprint density at radius 2 is 1.00 bits per heavy atom. The third kappa shape index (κ3) is 15.0. The highest BCUT2D eigenvalue weighted by Gasteiger charge is 2.28. The first kappa shape index (κ1) is 40.3. The molecule has 2 aromatic carbocycles. The molecule has 0 bridgehead atoms. The lowest BCUT2D eigenvalue weighted by atomic mass is 9.97. The Morgan fingerprint density at radius 1 is 0.615 bits per heavy atom. The minimum atomic E-state index is -1.12. The van der Waals surface area contributed by atoms with Crippen LogP contribution in [0.5, 0.6) is 0 Å². The van der Waals surface area contributed by atoms with Crippen molar-refractivity contribution < 1.29 is 27.9 Å². The van der Waals surface area contributed by atoms with Gasteiger partial charge in [0.2, 0.25) is 0 Å². The fourth-order valence-corrected chi connectivity index (χ4v) is 5.31. The second kappa shape index (κ2) is 20.0. The van der Waals surface area contributed by atoms with E-state index in [4.69, 9.17) is 53.0 Å². The van der Waals surface area contributed by atoms with E-state index >= 15 is 0 Å². The number of ether oxygens (including phenoxy) is 2. The summed E-state index contributed by atoms with van der Waals surface area (Å²) in [5, 5.41) is 1.46. The van der Waals surface area contributed by atoms with Crippen molar-refractivity contribution in [2.24, 2.45) is 11.5 Å². The highest BCUT2D eigenvalue weighted by molar-refractivity contribution is 6.31. The molecular formula is C42H46Cl2N2O6. The van der Waals surface area contributed by atoms with Crippen molar-refractivity contribution in [1.29, 1.82) is 0 Å². The van der Waals surface area contributed by atoms with Gasteiger partial charge in [0.1, 0.15) is 24.7 Å². The number of hydrogen-bond donors (Lipinski definition) is 2. The van der Waals surface area contributed by atoms with Crippen LogP contribution in [0.3, 0.4) is 0 Å². The van der Waals surface area contributed by atoms with Gasteiger partial charge in [-0.2, -0.15) is 0 Å². The van der Waals surface area contributed by atoms with Gasteiger partial charge in [-0.25, -0.2) is 9.59 Å². The first-order valence-electron chi connectivity index (χ1n) is 17.4. The van der Waals surface area contributed by atoms with Crippen LogP contribution in [0.4, 0.5) is 0 Å². The predicted octanol–water partition coefficient (Wildman–Crippen LogP) is 8.01. The Labute approximate surface area is 316 Å². The minimum absolute atomic E-state index is 0.173. The van der Waals surface area contributed by atoms with Gasteiger partial charge in [0.15, 0.2) is 11.5 Å². The fourth-order valence-electron chi connectivity index (χ4n) is 5.06. The lowest BCUT2D eigenvalue weighted by Crippen LogP contribution is -2.45. The number of hydrogen-bond acceptors (Lipinski definition) is 8. The smallest absolute Gasteiger partial charge is 0.417 e. The Kier molecular flexibility index (Phi) is 15.5. The molecule has 52 heavy (non-hydrogen) atoms. The molecule has 4 rings (SSSR count). The van der Waals surface area contributed by atoms with Gasteiger partial charge in [0.25, 0.3) is 0 Å². The third-order valence-electron chi connectivity index (χ3n) is 8.23. The molecule has 274 valence electrons. The number of esters is 2. The monoisotopic (exact) mass is 744 g/mol. The molecule has 2 atom stereocenters. The third-order valence-corrected chi connectivity index (χ3v) is 8.73. The maximum atomic E-state index is 12.4. The van der Waals surface area contributed by atoms with E-state index < -0.39 is 23.0 Å². The molecule has 2 heterocycles. The van der Waals surface area contributed by atoms with Crippen LogP contribution in [0.15, 0.2) is 81.6 Å². The topological polar surface area (TPSA) is 131 Å². The molecule has 10 heteroatoms. The summed E-state index contributed by atoms with van der Waals surface area (Å²) in [6, 6.07) is 23.0. The summed E-state index contributed by atoms with van der Waals surface area (Å²) >= 11 is 11.9. The maximum Gasteiger partial charge on any atom is 0.417 e. The van der Waals surface area contributed by atoms with E-state index in [0.29, 0.717) is 37.2 Å². The van der Waals surface area contributed by atoms with Gasteiger partial charge in [-0.15, -0.1) is 0 Å². The number of nitrogens with two attached hydrogens (primary N) is 2. The van der Waals surface area contributed by atoms with Crippen molar-refractivity contribution in [1.82, 2.24) is 0 Å². The molecule has 4 N–H and O–H groups in total. The molecule has 0 spiro atoms. The molecule has 0 saturated carbocycles. The number of unbranched alkanes of at least 4 members (excludes halogenated alkanes) is 2. The van der Waals surface area contributed by atoms with E-state index in [2.05, 4.69) is 23.7 Å². The van der Waals surface area contributed by atoms with Gasteiger partial charge in [0.05, 0.1) is 0 Å². The van der Waals surface area contributed by atoms with E-state index in [-0.39, 0.29) is 13.2 Å². The highest BCUT2D eigenvalue weighted by atomic mass is 35.5. The molecule has 0 amide bonds. The lowest BCUT2D eigenvalue weighted by Gasteiger charge is -2.25. The molecule has 0 radical (unpaired) electrons. The molecule has 0 unspecified atom stereocenters. The fraction of sp³-hybridized carbons (Fsp3) is 0.381. The van der Waals surface area contributed by atoms with E-state index in [1.165, 1.54) is 11.1 Å². The van der Waals surface area contributed by atoms with Crippen LogP contribution in [0.25, 0.3) is 0 Å². The summed E-state index contributed by atoms with van der Waals surface area (Å²) in [4.78, 5) is 24.7. The Bertz CT molecular complexity index is 1730. The van der Waals surface area contributed by atoms with Crippen molar-refractivity contribution >= 4 is 35.1 Å². The standard InChI is InChI=1S/C42H46Cl2N2O6/c1-41(45,27-25-37-23-21-35(51-37)11-7-3-5-9-31-13-17-33(43)18-14-31)29-49-39(47)40(48)50-30-42(2,46)28-26-38-24-22-36(52-38)12-8-4-6-10-32-15-19-34(44)20-16-32/h13-24H,3-6,9-10,25-30,45-46H2,1-2H3/t41-,42-/m1/s1. The summed E-state index contributed by atoms with van der Waals surface area (Å²) in [6.45, 7) is 3.13. The number of benzene rings is 2. The second-order valence-corrected chi connectivity index (χ2v) is 14.4. The molecule has 4 aromatic rings. The minimum Gasteiger partial charge on any atom is -0.455 e. The van der Waals surface area contributed by atoms with Crippen molar-refractivity contribution in [3.05, 3.63) is 117 Å². The van der Waals surface area contributed by atoms with E-state index in [9.17, 15) is 9.59 Å². The van der Waals surface area contributed by atoms with Gasteiger partial charge in [0, 0.05) is 46.8 Å². The van der Waals surface area contributed by atoms with Crippen molar-refractivity contribution in [2.45, 2.75) is 89.1 Å². The average molecular weight is 746 g/mol. The zero-order valence-electron chi connectivity index (χ0n) is 29.8. The van der Waals surface area contributed by atoms with Gasteiger partial charge in [-0.3, -0.25) is 0 Å². The number of rotatable bonds is 16. The summed E-state index contributed by atoms with van der Waals surface area (Å²) in [6.07, 6.45) is 7.12. The number of aryl methyl sites for hydroxylation is 4. The Balaban J connectivity index is 1.09. The molecule has 0 saturated heterocycles. The van der Waals surface area contributed by atoms with Crippen LogP contribution < -0.4 is 11.5 Å². The Morgan fingerprint density at radius 3 is 1.38 bits per heavy atom. The number of halogens is 2. The van der Waals surface area contributed by atoms with E-state index in [0.717, 1.165) is 60.1 Å². The predicted molar refractivity (Wildman–Crippen MR) is 204 cm³/mol. The lowest BCUT2D eigenvalue weighted by molar-refractivity contribution is -0.169. The molecule has 0 aliphatic heterocycles.